The van der Waals surface area contributed by atoms with E-state index in [2.05, 4.69) is 82.8 Å². The Morgan fingerprint density at radius 3 is 1.36 bits per heavy atom. The van der Waals surface area contributed by atoms with Crippen LogP contribution >= 0.6 is 0 Å². The Hall–Kier alpha value is -7.20. The molecule has 0 atom stereocenters. The van der Waals surface area contributed by atoms with Gasteiger partial charge in [0.2, 0.25) is 5.78 Å². The summed E-state index contributed by atoms with van der Waals surface area (Å²) in [6.45, 7) is 0. The topological polar surface area (TPSA) is 33.4 Å². The molecule has 0 radical (unpaired) electrons. The highest BCUT2D eigenvalue weighted by Gasteiger charge is 2.32. The lowest BCUT2D eigenvalue weighted by atomic mass is 9.87. The third-order valence-electron chi connectivity index (χ3n) is 10.7. The molecule has 0 amide bonds. The first kappa shape index (κ1) is 35.2. The van der Waals surface area contributed by atoms with Gasteiger partial charge >= 0.3 is 12.4 Å². The fraction of sp³-hybridized carbons (Fsp3) is 0.0417. The monoisotopic (exact) mass is 774 g/mol. The highest BCUT2D eigenvalue weighted by Crippen LogP contribution is 2.44. The molecule has 0 spiro atoms. The lowest BCUT2D eigenvalue weighted by Crippen LogP contribution is -2.12. The van der Waals surface area contributed by atoms with E-state index in [0.29, 0.717) is 22.8 Å². The van der Waals surface area contributed by atoms with E-state index in [1.807, 2.05) is 47.1 Å². The number of anilines is 3. The van der Waals surface area contributed by atoms with E-state index < -0.39 is 23.5 Å². The summed E-state index contributed by atoms with van der Waals surface area (Å²) in [6.07, 6.45) is -3.47. The van der Waals surface area contributed by atoms with Crippen molar-refractivity contribution in [3.05, 3.63) is 181 Å². The lowest BCUT2D eigenvalue weighted by Gasteiger charge is -2.26. The Kier molecular flexibility index (Phi) is 8.02. The summed E-state index contributed by atoms with van der Waals surface area (Å²) >= 11 is 0. The molecule has 8 aromatic carbocycles. The number of nitrogens with zero attached hydrogens (tertiary/aromatic N) is 4. The van der Waals surface area contributed by atoms with Crippen molar-refractivity contribution in [1.82, 2.24) is 14.4 Å². The first-order chi connectivity index (χ1) is 28.0. The van der Waals surface area contributed by atoms with E-state index in [9.17, 15) is 26.3 Å². The average molecular weight is 775 g/mol. The second-order valence-corrected chi connectivity index (χ2v) is 14.2. The number of benzene rings is 8. The lowest BCUT2D eigenvalue weighted by molar-refractivity contribution is -0.138. The Labute approximate surface area is 327 Å². The summed E-state index contributed by atoms with van der Waals surface area (Å²) in [6, 6.07) is 43.9. The van der Waals surface area contributed by atoms with Gasteiger partial charge in [0.05, 0.1) is 16.8 Å². The van der Waals surface area contributed by atoms with Crippen molar-refractivity contribution in [3.63, 3.8) is 0 Å². The van der Waals surface area contributed by atoms with Crippen LogP contribution in [0.25, 0.3) is 71.6 Å². The maximum absolute atomic E-state index is 13.4. The smallest absolute Gasteiger partial charge is 0.311 e. The Morgan fingerprint density at radius 2 is 0.897 bits per heavy atom. The fourth-order valence-electron chi connectivity index (χ4n) is 7.93. The minimum absolute atomic E-state index is 0.362. The largest absolute Gasteiger partial charge is 0.416 e. The number of alkyl halides is 6. The molecule has 0 aliphatic carbocycles. The molecule has 0 saturated carbocycles. The van der Waals surface area contributed by atoms with E-state index in [0.717, 1.165) is 90.1 Å². The zero-order valence-electron chi connectivity index (χ0n) is 30.2. The number of rotatable bonds is 6. The van der Waals surface area contributed by atoms with Gasteiger partial charge in [0.15, 0.2) is 0 Å². The molecule has 4 nitrogen and oxygen atoms in total. The molecule has 0 N–H and O–H groups in total. The molecule has 10 rings (SSSR count). The maximum atomic E-state index is 13.4. The molecule has 0 aliphatic rings. The van der Waals surface area contributed by atoms with Gasteiger partial charge in [0.1, 0.15) is 0 Å². The van der Waals surface area contributed by atoms with Crippen LogP contribution in [0.4, 0.5) is 43.4 Å². The molecule has 0 fully saturated rings. The number of hydrogen-bond acceptors (Lipinski definition) is 3. The van der Waals surface area contributed by atoms with Crippen LogP contribution in [0.1, 0.15) is 11.1 Å². The molecule has 2 aromatic heterocycles. The highest BCUT2D eigenvalue weighted by molar-refractivity contribution is 6.27. The number of imidazole rings is 1. The van der Waals surface area contributed by atoms with Gasteiger partial charge in [-0.1, -0.05) is 84.9 Å². The second kappa shape index (κ2) is 13.2. The van der Waals surface area contributed by atoms with Crippen molar-refractivity contribution in [2.24, 2.45) is 0 Å². The predicted molar refractivity (Wildman–Crippen MR) is 218 cm³/mol. The fourth-order valence-corrected chi connectivity index (χ4v) is 7.93. The quantitative estimate of drug-likeness (QED) is 0.125. The van der Waals surface area contributed by atoms with Crippen LogP contribution in [0.3, 0.4) is 0 Å². The van der Waals surface area contributed by atoms with Crippen molar-refractivity contribution in [2.45, 2.75) is 12.4 Å². The van der Waals surface area contributed by atoms with Gasteiger partial charge in [0, 0.05) is 41.2 Å². The minimum Gasteiger partial charge on any atom is -0.311 e. The predicted octanol–water partition coefficient (Wildman–Crippen LogP) is 14.1. The van der Waals surface area contributed by atoms with E-state index in [1.54, 1.807) is 11.1 Å². The zero-order chi connectivity index (χ0) is 39.8. The van der Waals surface area contributed by atoms with Gasteiger partial charge in [-0.3, -0.25) is 4.40 Å². The van der Waals surface area contributed by atoms with E-state index in [1.165, 1.54) is 24.3 Å². The van der Waals surface area contributed by atoms with Crippen LogP contribution in [0.2, 0.25) is 0 Å². The molecule has 10 heteroatoms. The third kappa shape index (κ3) is 6.05. The first-order valence-corrected chi connectivity index (χ1v) is 18.4. The third-order valence-corrected chi connectivity index (χ3v) is 10.7. The van der Waals surface area contributed by atoms with E-state index in [-0.39, 0.29) is 0 Å². The van der Waals surface area contributed by atoms with Crippen molar-refractivity contribution in [1.29, 1.82) is 0 Å². The second-order valence-electron chi connectivity index (χ2n) is 14.2. The van der Waals surface area contributed by atoms with Crippen LogP contribution in [0.15, 0.2) is 170 Å². The average Bonchev–Trinajstić information content (AvgIpc) is 3.68. The minimum atomic E-state index is -4.54. The summed E-state index contributed by atoms with van der Waals surface area (Å²) in [7, 11) is 0. The summed E-state index contributed by atoms with van der Waals surface area (Å²) < 4.78 is 82.5. The van der Waals surface area contributed by atoms with Crippen LogP contribution in [0.5, 0.6) is 0 Å². The zero-order valence-corrected chi connectivity index (χ0v) is 30.2. The van der Waals surface area contributed by atoms with Crippen molar-refractivity contribution in [2.75, 3.05) is 4.90 Å². The van der Waals surface area contributed by atoms with Gasteiger partial charge in [-0.05, 0) is 121 Å². The molecule has 0 aliphatic heterocycles. The number of fused-ring (bicyclic) bond motifs is 1. The van der Waals surface area contributed by atoms with Crippen molar-refractivity contribution < 1.29 is 26.3 Å². The number of hydrogen-bond donors (Lipinski definition) is 0. The van der Waals surface area contributed by atoms with Crippen molar-refractivity contribution >= 4 is 55.2 Å². The number of aromatic nitrogens is 3. The molecule has 10 aromatic rings. The molecular formula is C48H28F6N4. The molecule has 0 unspecified atom stereocenters. The maximum Gasteiger partial charge on any atom is 0.416 e. The standard InChI is InChI=1S/C48H28F6N4/c49-47(50,51)34-12-18-37(19-13-34)58(38-20-14-35(15-21-38)48(52,53)54)36-16-6-30(7-17-36)40-23-9-33-10-24-41-39(22-8-32-11-25-42(40)45(33)44(32)41)29-2-4-31(5-3-29)43-28-57-27-1-26-55-46(57)56-43/h1-28H. The number of halogens is 6. The molecule has 58 heavy (non-hydrogen) atoms. The summed E-state index contributed by atoms with van der Waals surface area (Å²) in [5, 5.41) is 6.66. The summed E-state index contributed by atoms with van der Waals surface area (Å²) in [5.74, 6) is 0.641. The Bertz CT molecular complexity index is 3020. The van der Waals surface area contributed by atoms with Crippen LogP contribution in [-0.4, -0.2) is 14.4 Å². The van der Waals surface area contributed by atoms with Gasteiger partial charge < -0.3 is 4.90 Å². The summed E-state index contributed by atoms with van der Waals surface area (Å²) in [5.41, 5.74) is 5.54. The van der Waals surface area contributed by atoms with Gasteiger partial charge in [-0.15, -0.1) is 0 Å². The Balaban J connectivity index is 1.03. The molecule has 0 saturated heterocycles. The van der Waals surface area contributed by atoms with Crippen LogP contribution < -0.4 is 4.90 Å². The SMILES string of the molecule is FC(F)(F)c1ccc(N(c2ccc(-c3ccc4ccc5c(-c6ccc(-c7cn8cccnc8n7)cc6)ccc6ccc3c4c65)cc2)c2ccc(C(F)(F)F)cc2)cc1. The van der Waals surface area contributed by atoms with E-state index in [4.69, 9.17) is 0 Å². The van der Waals surface area contributed by atoms with Gasteiger partial charge in [-0.25, -0.2) is 9.97 Å². The van der Waals surface area contributed by atoms with Crippen LogP contribution in [0, 0.1) is 0 Å². The van der Waals surface area contributed by atoms with E-state index >= 15 is 0 Å². The van der Waals surface area contributed by atoms with Gasteiger partial charge in [-0.2, -0.15) is 26.3 Å². The molecule has 0 bridgehead atoms. The summed E-state index contributed by atoms with van der Waals surface area (Å²) in [4.78, 5) is 10.6. The van der Waals surface area contributed by atoms with Crippen LogP contribution in [-0.2, 0) is 12.4 Å². The normalized spacial score (nSPS) is 12.3. The Morgan fingerprint density at radius 1 is 0.466 bits per heavy atom. The molecule has 2 heterocycles. The van der Waals surface area contributed by atoms with Gasteiger partial charge in [0.25, 0.3) is 0 Å². The van der Waals surface area contributed by atoms with Crippen molar-refractivity contribution in [3.8, 4) is 33.5 Å². The highest BCUT2D eigenvalue weighted by atomic mass is 19.4. The molecule has 282 valence electrons. The molecular weight excluding hydrogens is 747 g/mol. The first-order valence-electron chi connectivity index (χ1n) is 18.4.